The van der Waals surface area contributed by atoms with E-state index < -0.39 is 0 Å². The monoisotopic (exact) mass is 418 g/mol. The molecular formula is C26H44P2. The summed E-state index contributed by atoms with van der Waals surface area (Å²) in [5.74, 6) is 0. The number of hydrogen-bond donors (Lipinski definition) is 0. The second-order valence-corrected chi connectivity index (χ2v) is 19.1. The van der Waals surface area contributed by atoms with Crippen molar-refractivity contribution in [3.05, 3.63) is 35.4 Å². The summed E-state index contributed by atoms with van der Waals surface area (Å²) in [6.45, 7) is 20.3. The van der Waals surface area contributed by atoms with Crippen molar-refractivity contribution in [1.29, 1.82) is 0 Å². The van der Waals surface area contributed by atoms with Crippen LogP contribution in [0, 0.1) is 0 Å². The maximum atomic E-state index is 2.59. The lowest BCUT2D eigenvalue weighted by Gasteiger charge is -2.50. The summed E-state index contributed by atoms with van der Waals surface area (Å²) < 4.78 is 0. The van der Waals surface area contributed by atoms with Gasteiger partial charge in [-0.2, -0.15) is 0 Å². The molecule has 0 N–H and O–H groups in total. The Morgan fingerprint density at radius 3 is 1.25 bits per heavy atom. The first-order valence-corrected chi connectivity index (χ1v) is 14.5. The lowest BCUT2D eigenvalue weighted by atomic mass is 9.98. The standard InChI is InChI=1S/C26H44P2/c1-23(2)14-10-15-24(3,4)27(23)19-21-12-9-13-22(18-21)20-28-25(5,6)16-11-17-26(28,7)8/h9,12-13,18H,10-11,14-17,19-20H2,1-8H3. The van der Waals surface area contributed by atoms with E-state index >= 15 is 0 Å². The molecule has 0 saturated carbocycles. The maximum Gasteiger partial charge on any atom is -0.00634 e. The molecule has 0 amide bonds. The van der Waals surface area contributed by atoms with Crippen LogP contribution in [0.25, 0.3) is 0 Å². The molecule has 2 fully saturated rings. The summed E-state index contributed by atoms with van der Waals surface area (Å²) in [5, 5.41) is 2.07. The number of hydrogen-bond acceptors (Lipinski definition) is 0. The van der Waals surface area contributed by atoms with Crippen LogP contribution in [0.5, 0.6) is 0 Å². The second kappa shape index (κ2) is 7.97. The Morgan fingerprint density at radius 1 is 0.607 bits per heavy atom. The Balaban J connectivity index is 1.81. The van der Waals surface area contributed by atoms with Gasteiger partial charge in [0, 0.05) is 0 Å². The molecule has 0 unspecified atom stereocenters. The van der Waals surface area contributed by atoms with Crippen molar-refractivity contribution in [3.8, 4) is 0 Å². The lowest BCUT2D eigenvalue weighted by molar-refractivity contribution is 0.465. The van der Waals surface area contributed by atoms with Crippen molar-refractivity contribution in [2.75, 3.05) is 0 Å². The number of rotatable bonds is 4. The quantitative estimate of drug-likeness (QED) is 0.428. The average Bonchev–Trinajstić information content (AvgIpc) is 2.54. The molecule has 3 rings (SSSR count). The average molecular weight is 419 g/mol. The van der Waals surface area contributed by atoms with Gasteiger partial charge in [0.25, 0.3) is 0 Å². The van der Waals surface area contributed by atoms with Gasteiger partial charge in [-0.3, -0.25) is 0 Å². The number of benzene rings is 1. The van der Waals surface area contributed by atoms with E-state index in [0.717, 1.165) is 0 Å². The van der Waals surface area contributed by atoms with Crippen LogP contribution < -0.4 is 0 Å². The van der Waals surface area contributed by atoms with Crippen LogP contribution in [-0.2, 0) is 12.3 Å². The van der Waals surface area contributed by atoms with Crippen LogP contribution in [0.4, 0.5) is 0 Å². The predicted molar refractivity (Wildman–Crippen MR) is 132 cm³/mol. The van der Waals surface area contributed by atoms with Gasteiger partial charge in [-0.15, -0.1) is 0 Å². The summed E-state index contributed by atoms with van der Waals surface area (Å²) >= 11 is 0. The highest BCUT2D eigenvalue weighted by molar-refractivity contribution is 7.60. The lowest BCUT2D eigenvalue weighted by Crippen LogP contribution is -2.35. The summed E-state index contributed by atoms with van der Waals surface area (Å²) in [4.78, 5) is 0. The van der Waals surface area contributed by atoms with Crippen molar-refractivity contribution in [2.24, 2.45) is 0 Å². The van der Waals surface area contributed by atoms with Crippen molar-refractivity contribution >= 4 is 15.8 Å². The zero-order valence-corrected chi connectivity index (χ0v) is 21.6. The van der Waals surface area contributed by atoms with Gasteiger partial charge in [-0.1, -0.05) is 108 Å². The molecule has 2 aliphatic heterocycles. The first-order chi connectivity index (χ1) is 12.8. The predicted octanol–water partition coefficient (Wildman–Crippen LogP) is 9.13. The van der Waals surface area contributed by atoms with Crippen LogP contribution in [0.2, 0.25) is 0 Å². The van der Waals surface area contributed by atoms with Crippen molar-refractivity contribution in [3.63, 3.8) is 0 Å². The van der Waals surface area contributed by atoms with Gasteiger partial charge in [0.15, 0.2) is 0 Å². The molecule has 0 nitrogen and oxygen atoms in total. The maximum absolute atomic E-state index is 2.59. The molecule has 2 aliphatic rings. The molecule has 0 spiro atoms. The second-order valence-electron chi connectivity index (χ2n) is 11.9. The normalized spacial score (nSPS) is 26.9. The molecule has 2 heteroatoms. The van der Waals surface area contributed by atoms with Crippen LogP contribution >= 0.6 is 15.8 Å². The Hall–Kier alpha value is 0.0800. The molecule has 1 aromatic rings. The Kier molecular flexibility index (Phi) is 6.48. The SMILES string of the molecule is CC1(C)CCCC(C)(C)P1Cc1cccc(CP2C(C)(C)CCCC2(C)C)c1. The fourth-order valence-corrected chi connectivity index (χ4v) is 14.0. The van der Waals surface area contributed by atoms with E-state index in [9.17, 15) is 0 Å². The van der Waals surface area contributed by atoms with E-state index in [0.29, 0.717) is 20.6 Å². The zero-order valence-electron chi connectivity index (χ0n) is 19.9. The molecule has 28 heavy (non-hydrogen) atoms. The van der Waals surface area contributed by atoms with E-state index in [4.69, 9.17) is 0 Å². The van der Waals surface area contributed by atoms with Gasteiger partial charge < -0.3 is 0 Å². The van der Waals surface area contributed by atoms with Gasteiger partial charge in [0.05, 0.1) is 0 Å². The summed E-state index contributed by atoms with van der Waals surface area (Å²) in [5.41, 5.74) is 3.21. The third-order valence-corrected chi connectivity index (χ3v) is 15.9. The minimum Gasteiger partial charge on any atom is -0.0906 e. The Morgan fingerprint density at radius 2 is 0.929 bits per heavy atom. The molecule has 158 valence electrons. The Bertz CT molecular complexity index is 596. The van der Waals surface area contributed by atoms with E-state index in [1.807, 2.05) is 0 Å². The van der Waals surface area contributed by atoms with Crippen LogP contribution in [-0.4, -0.2) is 20.6 Å². The molecular weight excluding hydrogens is 374 g/mol. The zero-order chi connectivity index (χ0) is 20.8. The van der Waals surface area contributed by atoms with Gasteiger partial charge in [-0.25, -0.2) is 0 Å². The molecule has 0 bridgehead atoms. The Labute approximate surface area is 178 Å². The topological polar surface area (TPSA) is 0 Å². The van der Waals surface area contributed by atoms with Crippen LogP contribution in [0.1, 0.15) is 105 Å². The third kappa shape index (κ3) is 4.86. The van der Waals surface area contributed by atoms with E-state index in [1.165, 1.54) is 50.8 Å². The van der Waals surface area contributed by atoms with E-state index in [2.05, 4.69) is 79.7 Å². The van der Waals surface area contributed by atoms with Crippen LogP contribution in [0.15, 0.2) is 24.3 Å². The highest BCUT2D eigenvalue weighted by Gasteiger charge is 2.44. The molecule has 0 aromatic heterocycles. The largest absolute Gasteiger partial charge is 0.0906 e. The first-order valence-electron chi connectivity index (χ1n) is 11.5. The third-order valence-electron chi connectivity index (χ3n) is 7.75. The van der Waals surface area contributed by atoms with Crippen molar-refractivity contribution in [2.45, 2.75) is 127 Å². The molecule has 0 radical (unpaired) electrons. The summed E-state index contributed by atoms with van der Waals surface area (Å²) in [7, 11) is 0.00192. The first kappa shape index (κ1) is 22.8. The fraction of sp³-hybridized carbons (Fsp3) is 0.769. The summed E-state index contributed by atoms with van der Waals surface area (Å²) in [6, 6.07) is 9.77. The van der Waals surface area contributed by atoms with Gasteiger partial charge in [-0.05, 0) is 69.8 Å². The fourth-order valence-electron chi connectivity index (χ4n) is 6.13. The van der Waals surface area contributed by atoms with Crippen molar-refractivity contribution < 1.29 is 0 Å². The van der Waals surface area contributed by atoms with E-state index in [-0.39, 0.29) is 15.8 Å². The smallest absolute Gasteiger partial charge is 0.00634 e. The highest BCUT2D eigenvalue weighted by atomic mass is 31.1. The van der Waals surface area contributed by atoms with E-state index in [1.54, 1.807) is 11.1 Å². The molecule has 1 aromatic carbocycles. The molecule has 0 atom stereocenters. The molecule has 2 saturated heterocycles. The van der Waals surface area contributed by atoms with Gasteiger partial charge >= 0.3 is 0 Å². The highest BCUT2D eigenvalue weighted by Crippen LogP contribution is 2.68. The van der Waals surface area contributed by atoms with Crippen molar-refractivity contribution in [1.82, 2.24) is 0 Å². The summed E-state index contributed by atoms with van der Waals surface area (Å²) in [6.07, 6.45) is 11.1. The molecule has 0 aliphatic carbocycles. The minimum atomic E-state index is 0.000962. The van der Waals surface area contributed by atoms with Gasteiger partial charge in [0.1, 0.15) is 0 Å². The van der Waals surface area contributed by atoms with Gasteiger partial charge in [0.2, 0.25) is 0 Å². The van der Waals surface area contributed by atoms with Crippen LogP contribution in [0.3, 0.4) is 0 Å². The minimum absolute atomic E-state index is 0.000962. The molecule has 2 heterocycles.